The van der Waals surface area contributed by atoms with Gasteiger partial charge in [0.05, 0.1) is 0 Å². The van der Waals surface area contributed by atoms with Gasteiger partial charge in [-0.3, -0.25) is 4.79 Å². The van der Waals surface area contributed by atoms with E-state index in [1.54, 1.807) is 0 Å². The number of carbonyl (C=O) groups excluding carboxylic acids is 1. The first kappa shape index (κ1) is 14.5. The smallest absolute Gasteiger partial charge is 0.145 e. The maximum absolute atomic E-state index is 11.2. The van der Waals surface area contributed by atoms with Crippen molar-refractivity contribution in [1.82, 2.24) is 0 Å². The fourth-order valence-corrected chi connectivity index (χ4v) is 3.00. The summed E-state index contributed by atoms with van der Waals surface area (Å²) >= 11 is 0. The molecule has 98 valence electrons. The van der Waals surface area contributed by atoms with Crippen LogP contribution in [-0.2, 0) is 4.79 Å². The van der Waals surface area contributed by atoms with Crippen molar-refractivity contribution in [2.75, 3.05) is 0 Å². The van der Waals surface area contributed by atoms with Crippen molar-refractivity contribution < 1.29 is 4.79 Å². The van der Waals surface area contributed by atoms with E-state index < -0.39 is 0 Å². The molecule has 0 N–H and O–H groups in total. The Bertz CT molecular complexity index is 257. The third-order valence-corrected chi connectivity index (χ3v) is 4.00. The van der Waals surface area contributed by atoms with Crippen molar-refractivity contribution in [3.8, 4) is 0 Å². The second-order valence-electron chi connectivity index (χ2n) is 5.78. The number of hydrogen-bond acceptors (Lipinski definition) is 1. The van der Waals surface area contributed by atoms with Crippen LogP contribution in [0.3, 0.4) is 0 Å². The van der Waals surface area contributed by atoms with Gasteiger partial charge in [0.1, 0.15) is 6.29 Å². The summed E-state index contributed by atoms with van der Waals surface area (Å²) in [6.45, 7) is 6.62. The van der Waals surface area contributed by atoms with E-state index in [1.165, 1.54) is 44.1 Å². The summed E-state index contributed by atoms with van der Waals surface area (Å²) in [5.74, 6) is 1.37. The molecule has 1 heteroatoms. The molecule has 0 aromatic heterocycles. The zero-order valence-electron chi connectivity index (χ0n) is 11.8. The molecule has 1 aliphatic carbocycles. The summed E-state index contributed by atoms with van der Waals surface area (Å²) in [6.07, 6.45) is 11.3. The molecule has 17 heavy (non-hydrogen) atoms. The van der Waals surface area contributed by atoms with E-state index in [9.17, 15) is 4.79 Å². The minimum atomic E-state index is 0.531. The lowest BCUT2D eigenvalue weighted by Gasteiger charge is -2.25. The van der Waals surface area contributed by atoms with Gasteiger partial charge in [-0.05, 0) is 30.3 Å². The van der Waals surface area contributed by atoms with Gasteiger partial charge >= 0.3 is 0 Å². The lowest BCUT2D eigenvalue weighted by Crippen LogP contribution is -2.11. The van der Waals surface area contributed by atoms with E-state index in [1.807, 2.05) is 0 Å². The van der Waals surface area contributed by atoms with Crippen LogP contribution in [-0.4, -0.2) is 6.29 Å². The summed E-state index contributed by atoms with van der Waals surface area (Å²) < 4.78 is 0. The van der Waals surface area contributed by atoms with Crippen molar-refractivity contribution in [2.24, 2.45) is 11.8 Å². The molecule has 1 fully saturated rings. The van der Waals surface area contributed by atoms with Crippen molar-refractivity contribution >= 4 is 6.29 Å². The molecule has 1 saturated carbocycles. The molecule has 0 amide bonds. The normalized spacial score (nSPS) is 19.3. The Hall–Kier alpha value is -0.590. The van der Waals surface area contributed by atoms with Gasteiger partial charge in [-0.2, -0.15) is 0 Å². The number of allylic oxidation sites excluding steroid dienone is 2. The first-order valence-electron chi connectivity index (χ1n) is 7.36. The van der Waals surface area contributed by atoms with Gasteiger partial charge in [-0.25, -0.2) is 0 Å². The van der Waals surface area contributed by atoms with Crippen LogP contribution in [0, 0.1) is 11.8 Å². The molecule has 1 nitrogen and oxygen atoms in total. The van der Waals surface area contributed by atoms with Crippen LogP contribution in [0.2, 0.25) is 0 Å². The van der Waals surface area contributed by atoms with E-state index in [4.69, 9.17) is 0 Å². The van der Waals surface area contributed by atoms with Crippen LogP contribution >= 0.6 is 0 Å². The first-order chi connectivity index (χ1) is 8.19. The maximum Gasteiger partial charge on any atom is 0.145 e. The number of carbonyl (C=O) groups is 1. The van der Waals surface area contributed by atoms with Crippen LogP contribution < -0.4 is 0 Å². The Balaban J connectivity index is 2.72. The van der Waals surface area contributed by atoms with Gasteiger partial charge in [0.2, 0.25) is 0 Å². The molecule has 0 radical (unpaired) electrons. The van der Waals surface area contributed by atoms with Gasteiger partial charge in [0.25, 0.3) is 0 Å². The van der Waals surface area contributed by atoms with E-state index >= 15 is 0 Å². The summed E-state index contributed by atoms with van der Waals surface area (Å²) in [5.41, 5.74) is 2.53. The molecule has 0 atom stereocenters. The number of hydrogen-bond donors (Lipinski definition) is 0. The lowest BCUT2D eigenvalue weighted by atomic mass is 9.80. The predicted octanol–water partition coefficient (Wildman–Crippen LogP) is 4.91. The highest BCUT2D eigenvalue weighted by Gasteiger charge is 2.18. The molecule has 0 aliphatic heterocycles. The number of rotatable bonds is 6. The van der Waals surface area contributed by atoms with Gasteiger partial charge < -0.3 is 0 Å². The van der Waals surface area contributed by atoms with Gasteiger partial charge in [0, 0.05) is 0 Å². The topological polar surface area (TPSA) is 17.1 Å². The van der Waals surface area contributed by atoms with Crippen molar-refractivity contribution in [2.45, 2.75) is 72.1 Å². The highest BCUT2D eigenvalue weighted by molar-refractivity contribution is 5.74. The van der Waals surface area contributed by atoms with E-state index in [0.717, 1.165) is 30.6 Å². The monoisotopic (exact) mass is 236 g/mol. The Morgan fingerprint density at radius 1 is 1.24 bits per heavy atom. The Morgan fingerprint density at radius 2 is 1.88 bits per heavy atom. The molecule has 0 spiro atoms. The van der Waals surface area contributed by atoms with Crippen molar-refractivity contribution in [3.63, 3.8) is 0 Å². The van der Waals surface area contributed by atoms with Crippen molar-refractivity contribution in [1.29, 1.82) is 0 Å². The third-order valence-electron chi connectivity index (χ3n) is 4.00. The SMILES string of the molecule is CCC/C(C=O)=C(/CC1CCCCC1)C(C)C. The van der Waals surface area contributed by atoms with Gasteiger partial charge in [0.15, 0.2) is 0 Å². The molecule has 0 aromatic carbocycles. The van der Waals surface area contributed by atoms with E-state index in [0.29, 0.717) is 5.92 Å². The van der Waals surface area contributed by atoms with Crippen LogP contribution in [0.25, 0.3) is 0 Å². The molecule has 0 bridgehead atoms. The lowest BCUT2D eigenvalue weighted by molar-refractivity contribution is -0.105. The highest BCUT2D eigenvalue weighted by atomic mass is 16.1. The second-order valence-corrected chi connectivity index (χ2v) is 5.78. The summed E-state index contributed by atoms with van der Waals surface area (Å²) in [4.78, 5) is 11.2. The molecular weight excluding hydrogens is 208 g/mol. The molecule has 1 rings (SSSR count). The third kappa shape index (κ3) is 4.65. The predicted molar refractivity (Wildman–Crippen MR) is 74.0 cm³/mol. The van der Waals surface area contributed by atoms with Gasteiger partial charge in [-0.15, -0.1) is 0 Å². The summed E-state index contributed by atoms with van der Waals surface area (Å²) in [5, 5.41) is 0. The Labute approximate surface area is 107 Å². The fraction of sp³-hybridized carbons (Fsp3) is 0.812. The zero-order valence-corrected chi connectivity index (χ0v) is 11.8. The zero-order chi connectivity index (χ0) is 12.7. The Morgan fingerprint density at radius 3 is 2.35 bits per heavy atom. The molecule has 0 heterocycles. The molecular formula is C16H28O. The maximum atomic E-state index is 11.2. The quantitative estimate of drug-likeness (QED) is 0.473. The highest BCUT2D eigenvalue weighted by Crippen LogP contribution is 2.33. The second kappa shape index (κ2) is 7.68. The van der Waals surface area contributed by atoms with Crippen LogP contribution in [0.15, 0.2) is 11.1 Å². The van der Waals surface area contributed by atoms with Crippen LogP contribution in [0.4, 0.5) is 0 Å². The summed E-state index contributed by atoms with van der Waals surface area (Å²) in [7, 11) is 0. The number of aldehydes is 1. The average molecular weight is 236 g/mol. The van der Waals surface area contributed by atoms with E-state index in [-0.39, 0.29) is 0 Å². The molecule has 0 aromatic rings. The first-order valence-corrected chi connectivity index (χ1v) is 7.36. The largest absolute Gasteiger partial charge is 0.298 e. The van der Waals surface area contributed by atoms with Gasteiger partial charge in [-0.1, -0.05) is 64.9 Å². The van der Waals surface area contributed by atoms with Crippen molar-refractivity contribution in [3.05, 3.63) is 11.1 Å². The minimum Gasteiger partial charge on any atom is -0.298 e. The van der Waals surface area contributed by atoms with Crippen LogP contribution in [0.1, 0.15) is 72.1 Å². The summed E-state index contributed by atoms with van der Waals surface area (Å²) in [6, 6.07) is 0. The fourth-order valence-electron chi connectivity index (χ4n) is 3.00. The Kier molecular flexibility index (Phi) is 6.54. The molecule has 0 saturated heterocycles. The molecule has 0 unspecified atom stereocenters. The minimum absolute atomic E-state index is 0.531. The standard InChI is InChI=1S/C16H28O/c1-4-8-15(12-17)16(13(2)3)11-14-9-6-5-7-10-14/h12-14H,4-11H2,1-3H3/b16-15+. The van der Waals surface area contributed by atoms with E-state index in [2.05, 4.69) is 20.8 Å². The van der Waals surface area contributed by atoms with Crippen LogP contribution in [0.5, 0.6) is 0 Å². The average Bonchev–Trinajstić information content (AvgIpc) is 2.34. The molecule has 1 aliphatic rings.